The fourth-order valence-corrected chi connectivity index (χ4v) is 1.74. The van der Waals surface area contributed by atoms with Crippen LogP contribution >= 0.6 is 0 Å². The van der Waals surface area contributed by atoms with E-state index in [0.717, 1.165) is 0 Å². The van der Waals surface area contributed by atoms with E-state index < -0.39 is 72.7 Å². The van der Waals surface area contributed by atoms with Gasteiger partial charge in [0.25, 0.3) is 0 Å². The molecule has 0 bridgehead atoms. The van der Waals surface area contributed by atoms with Gasteiger partial charge in [-0.15, -0.1) is 0 Å². The number of carbonyl (C=O) groups is 6. The average molecular weight is 468 g/mol. The summed E-state index contributed by atoms with van der Waals surface area (Å²) in [4.78, 5) is 65.3. The molecular weight excluding hydrogens is 453 g/mol. The minimum absolute atomic E-state index is 0. The molecule has 0 spiro atoms. The predicted octanol–water partition coefficient (Wildman–Crippen LogP) is -16.7. The van der Waals surface area contributed by atoms with Gasteiger partial charge >= 0.3 is 107 Å². The Morgan fingerprint density at radius 2 is 1.10 bits per heavy atom. The number of carboxylic acid groups (broad SMARTS) is 5. The van der Waals surface area contributed by atoms with Gasteiger partial charge in [-0.05, 0) is 0 Å². The van der Waals surface area contributed by atoms with Crippen LogP contribution in [0.2, 0.25) is 0 Å². The summed E-state index contributed by atoms with van der Waals surface area (Å²) in [6.45, 7) is 0. The first-order chi connectivity index (χ1) is 11.2. The van der Waals surface area contributed by atoms with Gasteiger partial charge in [0.05, 0.1) is 18.8 Å². The Kier molecular flexibility index (Phi) is 26.6. The van der Waals surface area contributed by atoms with Crippen LogP contribution in [-0.4, -0.2) is 73.3 Å². The maximum Gasteiger partial charge on any atom is 1.00 e. The minimum Gasteiger partial charge on any atom is -0.550 e. The van der Waals surface area contributed by atoms with Gasteiger partial charge in [-0.1, -0.05) is 0 Å². The maximum atomic E-state index is 11.7. The molecule has 0 saturated heterocycles. The van der Waals surface area contributed by atoms with E-state index in [1.54, 1.807) is 0 Å². The van der Waals surface area contributed by atoms with Crippen molar-refractivity contribution in [3.8, 4) is 0 Å². The summed E-state index contributed by atoms with van der Waals surface area (Å²) >= 11 is 0. The molecule has 0 fully saturated rings. The summed E-state index contributed by atoms with van der Waals surface area (Å²) in [5.74, 6) is -12.7. The van der Waals surface area contributed by atoms with Crippen LogP contribution in [0, 0.1) is 0 Å². The van der Waals surface area contributed by atoms with Gasteiger partial charge in [-0.2, -0.15) is 0 Å². The van der Waals surface area contributed by atoms with Gasteiger partial charge in [-0.25, -0.2) is 4.79 Å². The molecule has 0 saturated carbocycles. The van der Waals surface area contributed by atoms with Crippen LogP contribution in [0.15, 0.2) is 0 Å². The topological polar surface area (TPSA) is 305 Å². The number of carbonyl (C=O) groups excluding carboxylic acids is 4. The third-order valence-corrected chi connectivity index (χ3v) is 2.82. The Labute approximate surface area is 234 Å². The predicted molar refractivity (Wildman–Crippen MR) is 69.8 cm³/mol. The van der Waals surface area contributed by atoms with E-state index in [2.05, 4.69) is 4.74 Å². The molecule has 0 aromatic carbocycles. The molecular formula is C12H15Na3O15. The van der Waals surface area contributed by atoms with Crippen LogP contribution < -0.4 is 104 Å². The molecule has 0 amide bonds. The standard InChI is InChI=1S/C12H14O13.3Na.2H2O/c13-5(14)1-11(24,9(20)21)4-8(19)25-12(10(22)23,2-6(15)16)3-7(17)18;;;;;/h24H,1-4H2,(H,13,14)(H,15,16)(H,17,18)(H,20,21)(H,22,23);;;;2*1H2/q;3*+1;;/p-3. The molecule has 0 radical (unpaired) electrons. The number of rotatable bonds is 11. The Balaban J connectivity index is -0.000000288. The number of aliphatic carboxylic acids is 5. The normalized spacial score (nSPS) is 11.1. The van der Waals surface area contributed by atoms with E-state index >= 15 is 0 Å². The van der Waals surface area contributed by atoms with Gasteiger partial charge in [0.1, 0.15) is 0 Å². The van der Waals surface area contributed by atoms with E-state index in [9.17, 15) is 49.2 Å². The van der Waals surface area contributed by atoms with Crippen molar-refractivity contribution in [2.75, 3.05) is 0 Å². The summed E-state index contributed by atoms with van der Waals surface area (Å²) in [7, 11) is 0. The molecule has 0 heterocycles. The van der Waals surface area contributed by atoms with E-state index in [1.807, 2.05) is 0 Å². The van der Waals surface area contributed by atoms with E-state index in [-0.39, 0.29) is 99.6 Å². The number of hydrogen-bond acceptors (Lipinski definition) is 11. The second-order valence-electron chi connectivity index (χ2n) is 4.94. The Morgan fingerprint density at radius 3 is 1.33 bits per heavy atom. The van der Waals surface area contributed by atoms with E-state index in [1.165, 1.54) is 0 Å². The van der Waals surface area contributed by atoms with Crippen molar-refractivity contribution >= 4 is 35.8 Å². The summed E-state index contributed by atoms with van der Waals surface area (Å²) in [5.41, 5.74) is -6.53. The van der Waals surface area contributed by atoms with Gasteiger partial charge in [0.2, 0.25) is 0 Å². The van der Waals surface area contributed by atoms with Crippen molar-refractivity contribution in [3.05, 3.63) is 0 Å². The largest absolute Gasteiger partial charge is 1.00 e. The van der Waals surface area contributed by atoms with Crippen LogP contribution in [0.1, 0.15) is 25.7 Å². The van der Waals surface area contributed by atoms with Crippen LogP contribution in [0.4, 0.5) is 0 Å². The molecule has 0 aromatic rings. The molecule has 15 nitrogen and oxygen atoms in total. The van der Waals surface area contributed by atoms with Gasteiger partial charge in [-0.3, -0.25) is 9.59 Å². The van der Waals surface area contributed by atoms with Gasteiger partial charge < -0.3 is 60.7 Å². The molecule has 0 aromatic heterocycles. The fourth-order valence-electron chi connectivity index (χ4n) is 1.74. The number of esters is 1. The number of hydrogen-bond donors (Lipinski definition) is 3. The van der Waals surface area contributed by atoms with Crippen LogP contribution in [-0.2, 0) is 33.5 Å². The Hall–Kier alpha value is -0.300. The molecule has 1 unspecified atom stereocenters. The summed E-state index contributed by atoms with van der Waals surface area (Å²) in [6.07, 6.45) is -6.47. The summed E-state index contributed by atoms with van der Waals surface area (Å²) in [5, 5.41) is 59.2. The zero-order chi connectivity index (χ0) is 20.0. The maximum absolute atomic E-state index is 11.7. The molecule has 18 heteroatoms. The van der Waals surface area contributed by atoms with Crippen molar-refractivity contribution in [1.82, 2.24) is 0 Å². The van der Waals surface area contributed by atoms with Crippen molar-refractivity contribution in [1.29, 1.82) is 0 Å². The molecule has 0 rings (SSSR count). The zero-order valence-corrected chi connectivity index (χ0v) is 22.3. The van der Waals surface area contributed by atoms with Crippen LogP contribution in [0.5, 0.6) is 0 Å². The fraction of sp³-hybridized carbons (Fsp3) is 0.500. The van der Waals surface area contributed by atoms with Crippen LogP contribution in [0.25, 0.3) is 0 Å². The zero-order valence-electron chi connectivity index (χ0n) is 16.3. The third-order valence-electron chi connectivity index (χ3n) is 2.82. The first-order valence-electron chi connectivity index (χ1n) is 6.24. The molecule has 0 aliphatic carbocycles. The van der Waals surface area contributed by atoms with E-state index in [4.69, 9.17) is 10.2 Å². The minimum atomic E-state index is -3.31. The van der Waals surface area contributed by atoms with Crippen molar-refractivity contribution in [2.24, 2.45) is 0 Å². The first-order valence-corrected chi connectivity index (χ1v) is 6.24. The quantitative estimate of drug-likeness (QED) is 0.187. The second kappa shape index (κ2) is 18.3. The SMILES string of the molecule is O.O.O=C([O-])CC(CC(=O)[O-])(OC(=O)CC(O)(CC(=O)O)C(=O)O)C(=O)[O-].[Na+].[Na+].[Na+]. The molecule has 7 N–H and O–H groups in total. The van der Waals surface area contributed by atoms with Gasteiger partial charge in [0.15, 0.2) is 11.2 Å². The molecule has 0 aliphatic heterocycles. The number of ether oxygens (including phenoxy) is 1. The first kappa shape index (κ1) is 43.6. The number of aliphatic hydroxyl groups is 1. The molecule has 156 valence electrons. The van der Waals surface area contributed by atoms with Gasteiger partial charge in [0, 0.05) is 24.8 Å². The smallest absolute Gasteiger partial charge is 0.550 e. The number of carboxylic acids is 5. The monoisotopic (exact) mass is 468 g/mol. The van der Waals surface area contributed by atoms with E-state index in [0.29, 0.717) is 0 Å². The third kappa shape index (κ3) is 14.7. The Bertz CT molecular complexity index is 606. The summed E-state index contributed by atoms with van der Waals surface area (Å²) < 4.78 is 4.19. The van der Waals surface area contributed by atoms with Crippen molar-refractivity contribution in [3.63, 3.8) is 0 Å². The second-order valence-corrected chi connectivity index (χ2v) is 4.94. The molecule has 30 heavy (non-hydrogen) atoms. The Morgan fingerprint density at radius 1 is 0.733 bits per heavy atom. The average Bonchev–Trinajstić information content (AvgIpc) is 2.34. The van der Waals surface area contributed by atoms with Crippen molar-refractivity contribution in [2.45, 2.75) is 36.9 Å². The summed E-state index contributed by atoms with van der Waals surface area (Å²) in [6, 6.07) is 0. The van der Waals surface area contributed by atoms with Crippen LogP contribution in [0.3, 0.4) is 0 Å². The van der Waals surface area contributed by atoms with Crippen molar-refractivity contribution < 1.29 is 164 Å². The molecule has 1 atom stereocenters. The molecule has 0 aliphatic rings.